The van der Waals surface area contributed by atoms with E-state index in [-0.39, 0.29) is 6.04 Å². The minimum absolute atomic E-state index is 0.102. The van der Waals surface area contributed by atoms with Gasteiger partial charge in [-0.15, -0.1) is 0 Å². The van der Waals surface area contributed by atoms with Gasteiger partial charge in [0.05, 0.1) is 18.8 Å². The molecule has 3 N–H and O–H groups in total. The molecule has 0 amide bonds. The molecule has 5 nitrogen and oxygen atoms in total. The Labute approximate surface area is 137 Å². The van der Waals surface area contributed by atoms with Crippen LogP contribution < -0.4 is 16.0 Å². The second-order valence-electron chi connectivity index (χ2n) is 4.79. The van der Waals surface area contributed by atoms with Crippen molar-refractivity contribution in [2.24, 2.45) is 12.9 Å². The maximum absolute atomic E-state index is 6.30. The topological polar surface area (TPSA) is 65.1 Å². The second-order valence-corrected chi connectivity index (χ2v) is 6.00. The van der Waals surface area contributed by atoms with Gasteiger partial charge >= 0.3 is 0 Å². The highest BCUT2D eigenvalue weighted by molar-refractivity contribution is 9.10. The molecule has 0 radical (unpaired) electrons. The van der Waals surface area contributed by atoms with Crippen LogP contribution in [0, 0.1) is 6.92 Å². The van der Waals surface area contributed by atoms with Gasteiger partial charge in [0, 0.05) is 17.1 Å². The molecular weight excluding hydrogens is 356 g/mol. The summed E-state index contributed by atoms with van der Waals surface area (Å²) in [6.07, 6.45) is 0.640. The first-order valence-corrected chi connectivity index (χ1v) is 7.62. The summed E-state index contributed by atoms with van der Waals surface area (Å²) in [6, 6.07) is 5.68. The van der Waals surface area contributed by atoms with E-state index in [1.807, 2.05) is 32.2 Å². The molecule has 1 aromatic carbocycles. The Bertz CT molecular complexity index is 644. The summed E-state index contributed by atoms with van der Waals surface area (Å²) in [4.78, 5) is 0. The number of nitrogens with one attached hydrogen (secondary N) is 1. The third-order valence-electron chi connectivity index (χ3n) is 3.46. The van der Waals surface area contributed by atoms with Crippen LogP contribution >= 0.6 is 27.5 Å². The molecule has 0 saturated carbocycles. The van der Waals surface area contributed by atoms with E-state index in [1.54, 1.807) is 11.8 Å². The van der Waals surface area contributed by atoms with Crippen LogP contribution in [0.1, 0.15) is 22.9 Å². The highest BCUT2D eigenvalue weighted by atomic mass is 79.9. The maximum Gasteiger partial charge on any atom is 0.130 e. The zero-order valence-corrected chi connectivity index (χ0v) is 14.5. The van der Waals surface area contributed by atoms with Crippen molar-refractivity contribution in [2.75, 3.05) is 7.11 Å². The van der Waals surface area contributed by atoms with Gasteiger partial charge in [0.1, 0.15) is 10.9 Å². The number of halogens is 2. The molecule has 0 aliphatic carbocycles. The molecule has 0 saturated heterocycles. The Morgan fingerprint density at radius 2 is 2.24 bits per heavy atom. The number of benzene rings is 1. The van der Waals surface area contributed by atoms with Crippen molar-refractivity contribution in [3.63, 3.8) is 0 Å². The van der Waals surface area contributed by atoms with Crippen LogP contribution in [0.2, 0.25) is 5.15 Å². The summed E-state index contributed by atoms with van der Waals surface area (Å²) in [5.74, 6) is 6.52. The molecule has 1 atom stereocenters. The molecular formula is C14H18BrClN4O. The quantitative estimate of drug-likeness (QED) is 0.625. The van der Waals surface area contributed by atoms with Gasteiger partial charge in [-0.2, -0.15) is 5.10 Å². The first-order valence-electron chi connectivity index (χ1n) is 6.45. The number of methoxy groups -OCH3 is 1. The molecule has 114 valence electrons. The fraction of sp³-hybridized carbons (Fsp3) is 0.357. The summed E-state index contributed by atoms with van der Waals surface area (Å²) in [5, 5.41) is 4.96. The van der Waals surface area contributed by atoms with E-state index in [4.69, 9.17) is 22.2 Å². The predicted molar refractivity (Wildman–Crippen MR) is 87.4 cm³/mol. The third kappa shape index (κ3) is 3.40. The van der Waals surface area contributed by atoms with Crippen LogP contribution in [0.3, 0.4) is 0 Å². The van der Waals surface area contributed by atoms with E-state index in [0.717, 1.165) is 27.0 Å². The van der Waals surface area contributed by atoms with Crippen molar-refractivity contribution in [3.8, 4) is 5.75 Å². The van der Waals surface area contributed by atoms with E-state index < -0.39 is 0 Å². The zero-order valence-electron chi connectivity index (χ0n) is 12.2. The lowest BCUT2D eigenvalue weighted by atomic mass is 9.99. The Kier molecular flexibility index (Phi) is 5.27. The highest BCUT2D eigenvalue weighted by Crippen LogP contribution is 2.31. The lowest BCUT2D eigenvalue weighted by Crippen LogP contribution is -2.30. The molecule has 0 fully saturated rings. The van der Waals surface area contributed by atoms with Crippen molar-refractivity contribution in [1.29, 1.82) is 0 Å². The number of aromatic nitrogens is 2. The molecule has 0 aliphatic rings. The zero-order chi connectivity index (χ0) is 15.6. The van der Waals surface area contributed by atoms with Crippen LogP contribution in [0.25, 0.3) is 0 Å². The van der Waals surface area contributed by atoms with Gasteiger partial charge in [-0.25, -0.2) is 0 Å². The van der Waals surface area contributed by atoms with Gasteiger partial charge in [0.15, 0.2) is 0 Å². The van der Waals surface area contributed by atoms with Crippen LogP contribution in [0.15, 0.2) is 22.7 Å². The average Bonchev–Trinajstić information content (AvgIpc) is 2.71. The molecule has 2 aromatic rings. The maximum atomic E-state index is 6.30. The van der Waals surface area contributed by atoms with Crippen molar-refractivity contribution in [1.82, 2.24) is 15.2 Å². The number of hydrazine groups is 1. The monoisotopic (exact) mass is 372 g/mol. The minimum atomic E-state index is -0.102. The fourth-order valence-corrected chi connectivity index (χ4v) is 3.06. The fourth-order valence-electron chi connectivity index (χ4n) is 2.28. The van der Waals surface area contributed by atoms with E-state index in [0.29, 0.717) is 11.6 Å². The van der Waals surface area contributed by atoms with Gasteiger partial charge in [0.2, 0.25) is 0 Å². The number of aryl methyl sites for hydroxylation is 2. The van der Waals surface area contributed by atoms with Crippen molar-refractivity contribution >= 4 is 27.5 Å². The van der Waals surface area contributed by atoms with E-state index in [9.17, 15) is 0 Å². The molecule has 2 rings (SSSR count). The number of rotatable bonds is 5. The molecule has 0 spiro atoms. The number of nitrogens with zero attached hydrogens (tertiary/aromatic N) is 2. The number of hydrogen-bond donors (Lipinski definition) is 2. The summed E-state index contributed by atoms with van der Waals surface area (Å²) >= 11 is 9.85. The average molecular weight is 374 g/mol. The van der Waals surface area contributed by atoms with Gasteiger partial charge in [-0.05, 0) is 37.1 Å². The largest absolute Gasteiger partial charge is 0.497 e. The van der Waals surface area contributed by atoms with Crippen LogP contribution in [-0.2, 0) is 13.5 Å². The summed E-state index contributed by atoms with van der Waals surface area (Å²) in [6.45, 7) is 1.94. The first-order chi connectivity index (χ1) is 9.97. The smallest absolute Gasteiger partial charge is 0.130 e. The van der Waals surface area contributed by atoms with Crippen LogP contribution in [0.5, 0.6) is 5.75 Å². The minimum Gasteiger partial charge on any atom is -0.497 e. The molecule has 1 aromatic heterocycles. The van der Waals surface area contributed by atoms with Crippen molar-refractivity contribution in [3.05, 3.63) is 44.6 Å². The van der Waals surface area contributed by atoms with Crippen LogP contribution in [-0.4, -0.2) is 16.9 Å². The SMILES string of the molecule is COc1ccc(Br)c(C(Cc2c(C)nn(C)c2Cl)NN)c1. The van der Waals surface area contributed by atoms with Gasteiger partial charge in [-0.3, -0.25) is 16.0 Å². The van der Waals surface area contributed by atoms with Gasteiger partial charge in [-0.1, -0.05) is 27.5 Å². The van der Waals surface area contributed by atoms with Crippen LogP contribution in [0.4, 0.5) is 0 Å². The Balaban J connectivity index is 2.36. The molecule has 0 aliphatic heterocycles. The van der Waals surface area contributed by atoms with Crippen molar-refractivity contribution < 1.29 is 4.74 Å². The summed E-state index contributed by atoms with van der Waals surface area (Å²) in [7, 11) is 3.46. The number of nitrogens with two attached hydrogens (primary N) is 1. The molecule has 7 heteroatoms. The first kappa shape index (κ1) is 16.3. The standard InChI is InChI=1S/C14H18BrClN4O/c1-8-10(14(16)20(2)19-8)7-13(18-17)11-6-9(21-3)4-5-12(11)15/h4-6,13,18H,7,17H2,1-3H3. The van der Waals surface area contributed by atoms with Gasteiger partial charge < -0.3 is 4.74 Å². The predicted octanol–water partition coefficient (Wildman–Crippen LogP) is 2.90. The molecule has 1 heterocycles. The van der Waals surface area contributed by atoms with Crippen molar-refractivity contribution in [2.45, 2.75) is 19.4 Å². The lowest BCUT2D eigenvalue weighted by molar-refractivity contribution is 0.412. The normalized spacial score (nSPS) is 12.5. The molecule has 1 unspecified atom stereocenters. The Morgan fingerprint density at radius 3 is 2.76 bits per heavy atom. The number of hydrogen-bond acceptors (Lipinski definition) is 4. The molecule has 21 heavy (non-hydrogen) atoms. The van der Waals surface area contributed by atoms with E-state index in [2.05, 4.69) is 26.5 Å². The Morgan fingerprint density at radius 1 is 1.52 bits per heavy atom. The summed E-state index contributed by atoms with van der Waals surface area (Å²) < 4.78 is 7.90. The lowest BCUT2D eigenvalue weighted by Gasteiger charge is -2.18. The second kappa shape index (κ2) is 6.79. The highest BCUT2D eigenvalue weighted by Gasteiger charge is 2.20. The van der Waals surface area contributed by atoms with Gasteiger partial charge in [0.25, 0.3) is 0 Å². The Hall–Kier alpha value is -1.08. The summed E-state index contributed by atoms with van der Waals surface area (Å²) in [5.41, 5.74) is 5.74. The third-order valence-corrected chi connectivity index (χ3v) is 4.65. The number of ether oxygens (including phenoxy) is 1. The van der Waals surface area contributed by atoms with E-state index in [1.165, 1.54) is 0 Å². The van der Waals surface area contributed by atoms with E-state index >= 15 is 0 Å². The molecule has 0 bridgehead atoms.